The summed E-state index contributed by atoms with van der Waals surface area (Å²) in [6, 6.07) is 16.8. The number of anilines is 2. The molecule has 1 aliphatic rings. The fraction of sp³-hybridized carbons (Fsp3) is 0.200. The number of aromatic nitrogens is 2. The van der Waals surface area contributed by atoms with Gasteiger partial charge in [-0.2, -0.15) is 0 Å². The molecule has 1 fully saturated rings. The van der Waals surface area contributed by atoms with Gasteiger partial charge in [-0.3, -0.25) is 14.9 Å². The summed E-state index contributed by atoms with van der Waals surface area (Å²) in [6.45, 7) is 2.57. The van der Waals surface area contributed by atoms with Gasteiger partial charge in [0.25, 0.3) is 5.91 Å². The third-order valence-electron chi connectivity index (χ3n) is 4.58. The molecule has 0 aliphatic carbocycles. The van der Waals surface area contributed by atoms with E-state index in [1.807, 2.05) is 54.3 Å². The van der Waals surface area contributed by atoms with Crippen molar-refractivity contribution >= 4 is 34.0 Å². The molecule has 7 heteroatoms. The quantitative estimate of drug-likeness (QED) is 0.752. The molecular weight excluding hydrogens is 360 g/mol. The molecule has 136 valence electrons. The molecule has 1 aromatic heterocycles. The zero-order valence-electron chi connectivity index (χ0n) is 14.8. The summed E-state index contributed by atoms with van der Waals surface area (Å²) in [4.78, 5) is 26.5. The van der Waals surface area contributed by atoms with Gasteiger partial charge >= 0.3 is 0 Å². The first-order chi connectivity index (χ1) is 13.1. The first kappa shape index (κ1) is 17.4. The van der Waals surface area contributed by atoms with Crippen molar-refractivity contribution in [2.45, 2.75) is 19.3 Å². The first-order valence-electron chi connectivity index (χ1n) is 8.67. The minimum Gasteiger partial charge on any atom is -0.311 e. The molecule has 3 aromatic rings. The van der Waals surface area contributed by atoms with Crippen LogP contribution in [0.1, 0.15) is 33.3 Å². The molecule has 1 N–H and O–H groups in total. The molecule has 0 radical (unpaired) electrons. The van der Waals surface area contributed by atoms with Gasteiger partial charge < -0.3 is 4.90 Å². The Morgan fingerprint density at radius 2 is 1.85 bits per heavy atom. The van der Waals surface area contributed by atoms with Crippen molar-refractivity contribution in [2.75, 3.05) is 16.8 Å². The van der Waals surface area contributed by atoms with E-state index in [9.17, 15) is 9.59 Å². The van der Waals surface area contributed by atoms with Gasteiger partial charge in [0.15, 0.2) is 0 Å². The van der Waals surface area contributed by atoms with Crippen LogP contribution in [0.5, 0.6) is 0 Å². The highest BCUT2D eigenvalue weighted by Gasteiger charge is 2.34. The van der Waals surface area contributed by atoms with Crippen LogP contribution in [-0.4, -0.2) is 28.6 Å². The van der Waals surface area contributed by atoms with Crippen LogP contribution in [0, 0.1) is 6.92 Å². The zero-order valence-corrected chi connectivity index (χ0v) is 15.6. The monoisotopic (exact) mass is 378 g/mol. The van der Waals surface area contributed by atoms with E-state index in [1.165, 1.54) is 11.3 Å². The second-order valence-corrected chi connectivity index (χ2v) is 7.47. The minimum absolute atomic E-state index is 0.0167. The molecule has 0 spiro atoms. The van der Waals surface area contributed by atoms with E-state index in [0.717, 1.165) is 16.3 Å². The molecule has 0 bridgehead atoms. The van der Waals surface area contributed by atoms with Gasteiger partial charge in [-0.25, -0.2) is 0 Å². The van der Waals surface area contributed by atoms with Crippen molar-refractivity contribution < 1.29 is 9.59 Å². The van der Waals surface area contributed by atoms with Gasteiger partial charge in [0, 0.05) is 30.1 Å². The molecule has 27 heavy (non-hydrogen) atoms. The highest BCUT2D eigenvalue weighted by Crippen LogP contribution is 2.35. The molecule has 2 heterocycles. The average molecular weight is 378 g/mol. The number of carbonyl (C=O) groups is 2. The number of hydrogen-bond acceptors (Lipinski definition) is 5. The summed E-state index contributed by atoms with van der Waals surface area (Å²) in [6.07, 6.45) is 0.398. The molecule has 1 aliphatic heterocycles. The van der Waals surface area contributed by atoms with Crippen molar-refractivity contribution in [3.05, 3.63) is 70.7 Å². The standard InChI is InChI=1S/C20H18N4O2S/c1-13-7-5-6-10-16(13)24-12-15(11-17(24)25)19-22-23-20(27-19)21-18(26)14-8-3-2-4-9-14/h2-10,15H,11-12H2,1H3,(H,21,23,26)/t15-/m0/s1. The highest BCUT2D eigenvalue weighted by atomic mass is 32.1. The fourth-order valence-corrected chi connectivity index (χ4v) is 4.01. The van der Waals surface area contributed by atoms with Crippen molar-refractivity contribution in [3.8, 4) is 0 Å². The van der Waals surface area contributed by atoms with Crippen molar-refractivity contribution in [3.63, 3.8) is 0 Å². The fourth-order valence-electron chi connectivity index (χ4n) is 3.18. The van der Waals surface area contributed by atoms with E-state index in [-0.39, 0.29) is 17.7 Å². The van der Waals surface area contributed by atoms with Crippen molar-refractivity contribution in [1.82, 2.24) is 10.2 Å². The second-order valence-electron chi connectivity index (χ2n) is 6.46. The van der Waals surface area contributed by atoms with Crippen molar-refractivity contribution in [2.24, 2.45) is 0 Å². The maximum absolute atomic E-state index is 12.5. The van der Waals surface area contributed by atoms with E-state index < -0.39 is 0 Å². The van der Waals surface area contributed by atoms with E-state index in [2.05, 4.69) is 15.5 Å². The summed E-state index contributed by atoms with van der Waals surface area (Å²) >= 11 is 1.32. The SMILES string of the molecule is Cc1ccccc1N1C[C@@H](c2nnc(NC(=O)c3ccccc3)s2)CC1=O. The van der Waals surface area contributed by atoms with Crippen LogP contribution >= 0.6 is 11.3 Å². The largest absolute Gasteiger partial charge is 0.311 e. The number of aryl methyl sites for hydroxylation is 1. The van der Waals surface area contributed by atoms with Gasteiger partial charge in [-0.15, -0.1) is 10.2 Å². The number of benzene rings is 2. The molecule has 2 amide bonds. The molecule has 2 aromatic carbocycles. The number of amides is 2. The Labute approximate surface area is 160 Å². The maximum atomic E-state index is 12.5. The van der Waals surface area contributed by atoms with E-state index in [1.54, 1.807) is 12.1 Å². The zero-order chi connectivity index (χ0) is 18.8. The topological polar surface area (TPSA) is 75.2 Å². The van der Waals surface area contributed by atoms with Crippen LogP contribution in [-0.2, 0) is 4.79 Å². The Balaban J connectivity index is 1.47. The number of nitrogens with one attached hydrogen (secondary N) is 1. The molecular formula is C20H18N4O2S. The average Bonchev–Trinajstić information content (AvgIpc) is 3.29. The predicted molar refractivity (Wildman–Crippen MR) is 105 cm³/mol. The Hall–Kier alpha value is -3.06. The molecule has 0 saturated carbocycles. The van der Waals surface area contributed by atoms with Gasteiger partial charge in [0.1, 0.15) is 5.01 Å². The van der Waals surface area contributed by atoms with Crippen molar-refractivity contribution in [1.29, 1.82) is 0 Å². The lowest BCUT2D eigenvalue weighted by Crippen LogP contribution is -2.25. The van der Waals surface area contributed by atoms with Gasteiger partial charge in [0.05, 0.1) is 0 Å². The summed E-state index contributed by atoms with van der Waals surface area (Å²) in [7, 11) is 0. The van der Waals surface area contributed by atoms with Crippen LogP contribution < -0.4 is 10.2 Å². The second kappa shape index (κ2) is 7.28. The Morgan fingerprint density at radius 3 is 2.63 bits per heavy atom. The van der Waals surface area contributed by atoms with Crippen LogP contribution in [0.4, 0.5) is 10.8 Å². The van der Waals surface area contributed by atoms with E-state index in [4.69, 9.17) is 0 Å². The summed E-state index contributed by atoms with van der Waals surface area (Å²) in [5.41, 5.74) is 2.57. The van der Waals surface area contributed by atoms with E-state index >= 15 is 0 Å². The predicted octanol–water partition coefficient (Wildman–Crippen LogP) is 3.62. The normalized spacial score (nSPS) is 16.6. The number of carbonyl (C=O) groups excluding carboxylic acids is 2. The van der Waals surface area contributed by atoms with E-state index in [0.29, 0.717) is 23.7 Å². The summed E-state index contributed by atoms with van der Waals surface area (Å²) in [5, 5.41) is 12.3. The summed E-state index contributed by atoms with van der Waals surface area (Å²) in [5.74, 6) is -0.154. The highest BCUT2D eigenvalue weighted by molar-refractivity contribution is 7.15. The molecule has 6 nitrogen and oxygen atoms in total. The van der Waals surface area contributed by atoms with Crippen LogP contribution in [0.15, 0.2) is 54.6 Å². The van der Waals surface area contributed by atoms with Crippen LogP contribution in [0.2, 0.25) is 0 Å². The smallest absolute Gasteiger partial charge is 0.257 e. The molecule has 1 atom stereocenters. The summed E-state index contributed by atoms with van der Waals surface area (Å²) < 4.78 is 0. The lowest BCUT2D eigenvalue weighted by molar-refractivity contribution is -0.117. The number of rotatable bonds is 4. The maximum Gasteiger partial charge on any atom is 0.257 e. The van der Waals surface area contributed by atoms with Gasteiger partial charge in [0.2, 0.25) is 11.0 Å². The molecule has 4 rings (SSSR count). The Bertz CT molecular complexity index is 986. The number of hydrogen-bond donors (Lipinski definition) is 1. The lowest BCUT2D eigenvalue weighted by atomic mass is 10.1. The van der Waals surface area contributed by atoms with Gasteiger partial charge in [-0.05, 0) is 30.7 Å². The third kappa shape index (κ3) is 3.59. The Morgan fingerprint density at radius 1 is 1.11 bits per heavy atom. The number of para-hydroxylation sites is 1. The van der Waals surface area contributed by atoms with Gasteiger partial charge in [-0.1, -0.05) is 47.7 Å². The molecule has 0 unspecified atom stereocenters. The third-order valence-corrected chi connectivity index (χ3v) is 5.58. The number of nitrogens with zero attached hydrogens (tertiary/aromatic N) is 3. The van der Waals surface area contributed by atoms with Crippen LogP contribution in [0.3, 0.4) is 0 Å². The minimum atomic E-state index is -0.220. The van der Waals surface area contributed by atoms with Crippen LogP contribution in [0.25, 0.3) is 0 Å². The lowest BCUT2D eigenvalue weighted by Gasteiger charge is -2.18. The first-order valence-corrected chi connectivity index (χ1v) is 9.49. The Kier molecular flexibility index (Phi) is 4.68. The molecule has 1 saturated heterocycles.